The molecule has 0 aliphatic heterocycles. The van der Waals surface area contributed by atoms with Gasteiger partial charge in [-0.25, -0.2) is 0 Å². The Morgan fingerprint density at radius 3 is 2.53 bits per heavy atom. The summed E-state index contributed by atoms with van der Waals surface area (Å²) in [6, 6.07) is 10.8. The van der Waals surface area contributed by atoms with Gasteiger partial charge in [-0.15, -0.1) is 0 Å². The number of hydrogen-bond donors (Lipinski definition) is 1. The highest BCUT2D eigenvalue weighted by molar-refractivity contribution is 9.10. The van der Waals surface area contributed by atoms with Crippen molar-refractivity contribution in [3.05, 3.63) is 58.0 Å². The van der Waals surface area contributed by atoms with Crippen LogP contribution >= 0.6 is 15.9 Å². The first-order chi connectivity index (χ1) is 8.16. The lowest BCUT2D eigenvalue weighted by Crippen LogP contribution is -2.17. The second-order valence-electron chi connectivity index (χ2n) is 4.20. The van der Waals surface area contributed by atoms with Crippen molar-refractivity contribution in [3.8, 4) is 0 Å². The Morgan fingerprint density at radius 2 is 1.94 bits per heavy atom. The molecule has 0 radical (unpaired) electrons. The molecule has 2 nitrogen and oxygen atoms in total. The smallest absolute Gasteiger partial charge is 0.131 e. The van der Waals surface area contributed by atoms with Crippen LogP contribution in [0.4, 0.5) is 0 Å². The molecule has 0 bridgehead atoms. The maximum Gasteiger partial charge on any atom is 0.131 e. The van der Waals surface area contributed by atoms with Gasteiger partial charge in [-0.1, -0.05) is 29.8 Å². The first-order valence-corrected chi connectivity index (χ1v) is 6.48. The summed E-state index contributed by atoms with van der Waals surface area (Å²) in [5.74, 6) is 0.934. The van der Waals surface area contributed by atoms with Crippen molar-refractivity contribution in [2.45, 2.75) is 26.4 Å². The Kier molecular flexibility index (Phi) is 4.02. The van der Waals surface area contributed by atoms with Crippen LogP contribution in [-0.4, -0.2) is 0 Å². The average Bonchev–Trinajstić information content (AvgIpc) is 2.73. The molecule has 2 aromatic rings. The van der Waals surface area contributed by atoms with Crippen molar-refractivity contribution in [2.24, 2.45) is 0 Å². The summed E-state index contributed by atoms with van der Waals surface area (Å²) < 4.78 is 6.38. The highest BCUT2D eigenvalue weighted by Crippen LogP contribution is 2.19. The van der Waals surface area contributed by atoms with Crippen molar-refractivity contribution >= 4 is 15.9 Å². The second-order valence-corrected chi connectivity index (χ2v) is 5.06. The maximum atomic E-state index is 5.36. The van der Waals surface area contributed by atoms with Crippen molar-refractivity contribution in [1.29, 1.82) is 0 Å². The van der Waals surface area contributed by atoms with Crippen LogP contribution in [0.15, 0.2) is 45.5 Å². The molecule has 0 saturated heterocycles. The molecule has 90 valence electrons. The van der Waals surface area contributed by atoms with Gasteiger partial charge in [0.25, 0.3) is 0 Å². The Hall–Kier alpha value is -1.06. The van der Waals surface area contributed by atoms with E-state index in [0.29, 0.717) is 6.04 Å². The molecule has 1 unspecified atom stereocenters. The van der Waals surface area contributed by atoms with Gasteiger partial charge in [-0.05, 0) is 41.4 Å². The fraction of sp³-hybridized carbons (Fsp3) is 0.286. The predicted octanol–water partition coefficient (Wildman–Crippen LogP) is 4.20. The molecule has 1 atom stereocenters. The zero-order valence-corrected chi connectivity index (χ0v) is 11.6. The van der Waals surface area contributed by atoms with Crippen LogP contribution in [0, 0.1) is 6.92 Å². The van der Waals surface area contributed by atoms with E-state index in [2.05, 4.69) is 59.4 Å². The fourth-order valence-corrected chi connectivity index (χ4v) is 2.01. The number of nitrogens with one attached hydrogen (secondary N) is 1. The molecule has 1 N–H and O–H groups in total. The number of aryl methyl sites for hydroxylation is 1. The summed E-state index contributed by atoms with van der Waals surface area (Å²) in [7, 11) is 0. The van der Waals surface area contributed by atoms with Gasteiger partial charge in [-0.2, -0.15) is 0 Å². The van der Waals surface area contributed by atoms with E-state index in [9.17, 15) is 0 Å². The molecule has 0 fully saturated rings. The number of rotatable bonds is 4. The van der Waals surface area contributed by atoms with Gasteiger partial charge in [-0.3, -0.25) is 0 Å². The summed E-state index contributed by atoms with van der Waals surface area (Å²) >= 11 is 3.45. The summed E-state index contributed by atoms with van der Waals surface area (Å²) in [5.41, 5.74) is 2.58. The van der Waals surface area contributed by atoms with Crippen LogP contribution in [0.3, 0.4) is 0 Å². The fourth-order valence-electron chi connectivity index (χ4n) is 1.67. The first kappa shape index (κ1) is 12.4. The zero-order valence-electron chi connectivity index (χ0n) is 10.0. The van der Waals surface area contributed by atoms with E-state index >= 15 is 0 Å². The van der Waals surface area contributed by atoms with Crippen molar-refractivity contribution in [2.75, 3.05) is 0 Å². The van der Waals surface area contributed by atoms with E-state index < -0.39 is 0 Å². The van der Waals surface area contributed by atoms with E-state index in [1.165, 1.54) is 11.1 Å². The predicted molar refractivity (Wildman–Crippen MR) is 72.8 cm³/mol. The van der Waals surface area contributed by atoms with Gasteiger partial charge in [0.05, 0.1) is 17.3 Å². The molecule has 17 heavy (non-hydrogen) atoms. The number of halogens is 1. The normalized spacial score (nSPS) is 12.6. The minimum Gasteiger partial charge on any atom is -0.467 e. The monoisotopic (exact) mass is 293 g/mol. The molecule has 0 saturated carbocycles. The molecule has 3 heteroatoms. The third kappa shape index (κ3) is 3.20. The quantitative estimate of drug-likeness (QED) is 0.914. The van der Waals surface area contributed by atoms with Gasteiger partial charge in [0, 0.05) is 6.04 Å². The van der Waals surface area contributed by atoms with E-state index in [0.717, 1.165) is 16.8 Å². The minimum absolute atomic E-state index is 0.313. The lowest BCUT2D eigenvalue weighted by molar-refractivity contribution is 0.458. The molecule has 0 amide bonds. The van der Waals surface area contributed by atoms with Crippen LogP contribution < -0.4 is 5.32 Å². The number of furan rings is 1. The minimum atomic E-state index is 0.313. The Balaban J connectivity index is 1.95. The molecule has 1 aromatic heterocycles. The van der Waals surface area contributed by atoms with Crippen LogP contribution in [0.25, 0.3) is 0 Å². The van der Waals surface area contributed by atoms with E-state index in [4.69, 9.17) is 4.42 Å². The summed E-state index contributed by atoms with van der Waals surface area (Å²) in [5, 5.41) is 3.44. The Bertz CT molecular complexity index is 475. The highest BCUT2D eigenvalue weighted by Gasteiger charge is 2.07. The number of hydrogen-bond acceptors (Lipinski definition) is 2. The second kappa shape index (κ2) is 5.52. The first-order valence-electron chi connectivity index (χ1n) is 5.68. The number of benzene rings is 1. The third-order valence-electron chi connectivity index (χ3n) is 2.84. The molecule has 2 rings (SSSR count). The van der Waals surface area contributed by atoms with Crippen molar-refractivity contribution in [3.63, 3.8) is 0 Å². The SMILES string of the molecule is Cc1ccc(C(C)NCc2occc2Br)cc1. The lowest BCUT2D eigenvalue weighted by Gasteiger charge is -2.13. The van der Waals surface area contributed by atoms with Gasteiger partial charge < -0.3 is 9.73 Å². The van der Waals surface area contributed by atoms with Crippen LogP contribution in [0.1, 0.15) is 29.9 Å². The van der Waals surface area contributed by atoms with E-state index in [-0.39, 0.29) is 0 Å². The summed E-state index contributed by atoms with van der Waals surface area (Å²) in [4.78, 5) is 0. The van der Waals surface area contributed by atoms with Crippen LogP contribution in [-0.2, 0) is 6.54 Å². The third-order valence-corrected chi connectivity index (χ3v) is 3.54. The van der Waals surface area contributed by atoms with Gasteiger partial charge in [0.15, 0.2) is 0 Å². The van der Waals surface area contributed by atoms with Gasteiger partial charge in [0.2, 0.25) is 0 Å². The van der Waals surface area contributed by atoms with Crippen LogP contribution in [0.5, 0.6) is 0 Å². The van der Waals surface area contributed by atoms with Crippen molar-refractivity contribution in [1.82, 2.24) is 5.32 Å². The molecule has 0 aliphatic carbocycles. The van der Waals surface area contributed by atoms with Crippen molar-refractivity contribution < 1.29 is 4.42 Å². The average molecular weight is 294 g/mol. The molecule has 0 aliphatic rings. The Labute approximate surface area is 110 Å². The maximum absolute atomic E-state index is 5.36. The van der Waals surface area contributed by atoms with Gasteiger partial charge >= 0.3 is 0 Å². The highest BCUT2D eigenvalue weighted by atomic mass is 79.9. The van der Waals surface area contributed by atoms with Crippen LogP contribution in [0.2, 0.25) is 0 Å². The van der Waals surface area contributed by atoms with Gasteiger partial charge in [0.1, 0.15) is 5.76 Å². The molecule has 1 aromatic carbocycles. The largest absolute Gasteiger partial charge is 0.467 e. The van der Waals surface area contributed by atoms with E-state index in [1.54, 1.807) is 6.26 Å². The lowest BCUT2D eigenvalue weighted by atomic mass is 10.1. The molecular weight excluding hydrogens is 278 g/mol. The van der Waals surface area contributed by atoms with E-state index in [1.807, 2.05) is 6.07 Å². The standard InChI is InChI=1S/C14H16BrNO/c1-10-3-5-12(6-4-10)11(2)16-9-14-13(15)7-8-17-14/h3-8,11,16H,9H2,1-2H3. The molecule has 1 heterocycles. The molecular formula is C14H16BrNO. The Morgan fingerprint density at radius 1 is 1.24 bits per heavy atom. The molecule has 0 spiro atoms. The summed E-state index contributed by atoms with van der Waals surface area (Å²) in [6.45, 7) is 4.98. The topological polar surface area (TPSA) is 25.2 Å². The zero-order chi connectivity index (χ0) is 12.3. The summed E-state index contributed by atoms with van der Waals surface area (Å²) in [6.07, 6.45) is 1.69.